The summed E-state index contributed by atoms with van der Waals surface area (Å²) in [5, 5.41) is 3.40. The Kier molecular flexibility index (Phi) is 2.48. The van der Waals surface area contributed by atoms with Crippen molar-refractivity contribution in [2.75, 3.05) is 13.1 Å². The van der Waals surface area contributed by atoms with Crippen LogP contribution in [-0.2, 0) is 0 Å². The first-order valence-corrected chi connectivity index (χ1v) is 6.41. The molecule has 1 N–H and O–H groups in total. The molecule has 0 aliphatic carbocycles. The molecule has 3 nitrogen and oxygen atoms in total. The maximum absolute atomic E-state index is 4.75. The maximum Gasteiger partial charge on any atom is 0.138 e. The van der Waals surface area contributed by atoms with E-state index in [-0.39, 0.29) is 0 Å². The van der Waals surface area contributed by atoms with Gasteiger partial charge < -0.3 is 5.32 Å². The zero-order valence-electron chi connectivity index (χ0n) is 9.20. The van der Waals surface area contributed by atoms with Crippen LogP contribution in [0.5, 0.6) is 0 Å². The Morgan fingerprint density at radius 3 is 3.06 bits per heavy atom. The molecule has 3 heterocycles. The van der Waals surface area contributed by atoms with Gasteiger partial charge >= 0.3 is 0 Å². The van der Waals surface area contributed by atoms with Crippen LogP contribution in [0.4, 0.5) is 0 Å². The number of aromatic nitrogens is 2. The fourth-order valence-electron chi connectivity index (χ4n) is 2.48. The Morgan fingerprint density at radius 1 is 1.50 bits per heavy atom. The lowest BCUT2D eigenvalue weighted by Crippen LogP contribution is -2.08. The molecule has 0 aromatic carbocycles. The molecule has 0 radical (unpaired) electrons. The molecule has 0 spiro atoms. The largest absolute Gasteiger partial charge is 0.316 e. The van der Waals surface area contributed by atoms with Crippen LogP contribution in [0.25, 0.3) is 5.65 Å². The third-order valence-electron chi connectivity index (χ3n) is 3.31. The average Bonchev–Trinajstić information content (AvgIpc) is 2.86. The number of hydrogen-bond acceptors (Lipinski definition) is 2. The third-order valence-corrected chi connectivity index (χ3v) is 3.93. The van der Waals surface area contributed by atoms with Crippen molar-refractivity contribution in [3.05, 3.63) is 34.2 Å². The quantitative estimate of drug-likeness (QED) is 0.813. The number of pyridine rings is 1. The molecule has 1 aliphatic rings. The van der Waals surface area contributed by atoms with Gasteiger partial charge in [-0.15, -0.1) is 0 Å². The zero-order chi connectivity index (χ0) is 11.1. The smallest absolute Gasteiger partial charge is 0.138 e. The summed E-state index contributed by atoms with van der Waals surface area (Å²) in [7, 11) is 0. The molecule has 84 valence electrons. The topological polar surface area (TPSA) is 29.3 Å². The van der Waals surface area contributed by atoms with Crippen LogP contribution in [0.3, 0.4) is 0 Å². The molecule has 0 bridgehead atoms. The van der Waals surface area contributed by atoms with Crippen molar-refractivity contribution in [3.8, 4) is 0 Å². The highest BCUT2D eigenvalue weighted by Crippen LogP contribution is 2.27. The van der Waals surface area contributed by atoms with Gasteiger partial charge in [0.05, 0.1) is 10.3 Å². The molecule has 0 saturated carbocycles. The van der Waals surface area contributed by atoms with E-state index in [1.807, 2.05) is 6.07 Å². The molecular weight excluding hydrogens is 266 g/mol. The van der Waals surface area contributed by atoms with Crippen LogP contribution < -0.4 is 5.32 Å². The summed E-state index contributed by atoms with van der Waals surface area (Å²) in [6.45, 7) is 4.32. The molecule has 1 unspecified atom stereocenters. The van der Waals surface area contributed by atoms with Crippen molar-refractivity contribution >= 4 is 21.6 Å². The number of aryl methyl sites for hydroxylation is 1. The Bertz CT molecular complexity index is 526. The van der Waals surface area contributed by atoms with E-state index in [0.717, 1.165) is 23.3 Å². The molecule has 1 fully saturated rings. The molecule has 1 saturated heterocycles. The van der Waals surface area contributed by atoms with E-state index in [1.165, 1.54) is 17.8 Å². The monoisotopic (exact) mass is 279 g/mol. The minimum atomic E-state index is 0.576. The van der Waals surface area contributed by atoms with Crippen molar-refractivity contribution in [1.29, 1.82) is 0 Å². The SMILES string of the molecule is Cc1c(C2CCNC2)nc2cccc(Br)n12. The van der Waals surface area contributed by atoms with E-state index < -0.39 is 0 Å². The van der Waals surface area contributed by atoms with Crippen LogP contribution in [0, 0.1) is 6.92 Å². The molecule has 2 aromatic heterocycles. The minimum Gasteiger partial charge on any atom is -0.316 e. The number of halogens is 1. The van der Waals surface area contributed by atoms with E-state index in [0.29, 0.717) is 5.92 Å². The second-order valence-corrected chi connectivity index (χ2v) is 5.13. The average molecular weight is 280 g/mol. The van der Waals surface area contributed by atoms with E-state index in [4.69, 9.17) is 4.98 Å². The van der Waals surface area contributed by atoms with Crippen LogP contribution in [-0.4, -0.2) is 22.5 Å². The summed E-state index contributed by atoms with van der Waals surface area (Å²) < 4.78 is 3.25. The van der Waals surface area contributed by atoms with Crippen LogP contribution in [0.2, 0.25) is 0 Å². The van der Waals surface area contributed by atoms with Gasteiger partial charge in [0.15, 0.2) is 0 Å². The summed E-state index contributed by atoms with van der Waals surface area (Å²) in [6, 6.07) is 6.14. The molecule has 2 aromatic rings. The van der Waals surface area contributed by atoms with Crippen molar-refractivity contribution in [2.24, 2.45) is 0 Å². The highest BCUT2D eigenvalue weighted by Gasteiger charge is 2.22. The number of rotatable bonds is 1. The van der Waals surface area contributed by atoms with E-state index in [1.54, 1.807) is 0 Å². The number of nitrogens with one attached hydrogen (secondary N) is 1. The zero-order valence-corrected chi connectivity index (χ0v) is 10.8. The predicted molar refractivity (Wildman–Crippen MR) is 67.9 cm³/mol. The number of hydrogen-bond donors (Lipinski definition) is 1. The van der Waals surface area contributed by atoms with Crippen LogP contribution in [0.15, 0.2) is 22.8 Å². The highest BCUT2D eigenvalue weighted by atomic mass is 79.9. The molecule has 1 atom stereocenters. The molecule has 16 heavy (non-hydrogen) atoms. The summed E-state index contributed by atoms with van der Waals surface area (Å²) in [6.07, 6.45) is 1.20. The number of fused-ring (bicyclic) bond motifs is 1. The Morgan fingerprint density at radius 2 is 2.38 bits per heavy atom. The van der Waals surface area contributed by atoms with Gasteiger partial charge in [0.25, 0.3) is 0 Å². The van der Waals surface area contributed by atoms with Crippen molar-refractivity contribution in [1.82, 2.24) is 14.7 Å². The standard InChI is InChI=1S/C12H14BrN3/c1-8-12(9-5-6-14-7-9)15-11-4-2-3-10(13)16(8)11/h2-4,9,14H,5-7H2,1H3. The summed E-state index contributed by atoms with van der Waals surface area (Å²) >= 11 is 3.58. The summed E-state index contributed by atoms with van der Waals surface area (Å²) in [5.74, 6) is 0.576. The second kappa shape index (κ2) is 3.86. The van der Waals surface area contributed by atoms with Crippen LogP contribution in [0.1, 0.15) is 23.7 Å². The molecular formula is C12H14BrN3. The van der Waals surface area contributed by atoms with E-state index in [9.17, 15) is 0 Å². The first-order chi connectivity index (χ1) is 7.77. The molecule has 3 rings (SSSR count). The van der Waals surface area contributed by atoms with Crippen molar-refractivity contribution in [3.63, 3.8) is 0 Å². The lowest BCUT2D eigenvalue weighted by molar-refractivity contribution is 0.733. The van der Waals surface area contributed by atoms with Crippen molar-refractivity contribution < 1.29 is 0 Å². The van der Waals surface area contributed by atoms with E-state index >= 15 is 0 Å². The Labute approximate surface area is 103 Å². The fourth-order valence-corrected chi connectivity index (χ4v) is 3.09. The Hall–Kier alpha value is -0.870. The molecule has 4 heteroatoms. The summed E-state index contributed by atoms with van der Waals surface area (Å²) in [4.78, 5) is 4.75. The fraction of sp³-hybridized carbons (Fsp3) is 0.417. The van der Waals surface area contributed by atoms with Crippen molar-refractivity contribution in [2.45, 2.75) is 19.3 Å². The summed E-state index contributed by atoms with van der Waals surface area (Å²) in [5.41, 5.74) is 3.54. The highest BCUT2D eigenvalue weighted by molar-refractivity contribution is 9.10. The number of nitrogens with zero attached hydrogens (tertiary/aromatic N) is 2. The van der Waals surface area contributed by atoms with Gasteiger partial charge in [-0.1, -0.05) is 6.07 Å². The van der Waals surface area contributed by atoms with Crippen LogP contribution >= 0.6 is 15.9 Å². The van der Waals surface area contributed by atoms with E-state index in [2.05, 4.69) is 44.7 Å². The van der Waals surface area contributed by atoms with Gasteiger partial charge in [0, 0.05) is 18.2 Å². The molecule has 0 amide bonds. The van der Waals surface area contributed by atoms with Gasteiger partial charge in [-0.25, -0.2) is 4.98 Å². The second-order valence-electron chi connectivity index (χ2n) is 4.31. The van der Waals surface area contributed by atoms with Gasteiger partial charge in [-0.05, 0) is 48.0 Å². The molecule has 1 aliphatic heterocycles. The Balaban J connectivity index is 2.19. The van der Waals surface area contributed by atoms with Gasteiger partial charge in [-0.3, -0.25) is 4.40 Å². The first kappa shape index (κ1) is 10.3. The maximum atomic E-state index is 4.75. The lowest BCUT2D eigenvalue weighted by Gasteiger charge is -2.06. The van der Waals surface area contributed by atoms with Gasteiger partial charge in [-0.2, -0.15) is 0 Å². The third kappa shape index (κ3) is 1.48. The first-order valence-electron chi connectivity index (χ1n) is 5.61. The number of imidazole rings is 1. The normalized spacial score (nSPS) is 20.8. The van der Waals surface area contributed by atoms with Gasteiger partial charge in [0.1, 0.15) is 5.65 Å². The predicted octanol–water partition coefficient (Wildman–Crippen LogP) is 2.48. The van der Waals surface area contributed by atoms with Gasteiger partial charge in [0.2, 0.25) is 0 Å². The lowest BCUT2D eigenvalue weighted by atomic mass is 10.0. The minimum absolute atomic E-state index is 0.576.